The molecule has 30 heavy (non-hydrogen) atoms. The zero-order valence-electron chi connectivity index (χ0n) is 15.9. The number of amides is 1. The van der Waals surface area contributed by atoms with Gasteiger partial charge in [-0.2, -0.15) is 26.3 Å². The minimum atomic E-state index is -4.98. The Kier molecular flexibility index (Phi) is 6.40. The molecule has 0 aromatic heterocycles. The van der Waals surface area contributed by atoms with Crippen LogP contribution >= 0.6 is 0 Å². The van der Waals surface area contributed by atoms with Crippen molar-refractivity contribution >= 4 is 5.91 Å². The van der Waals surface area contributed by atoms with Crippen LogP contribution in [0.25, 0.3) is 0 Å². The summed E-state index contributed by atoms with van der Waals surface area (Å²) in [6.45, 7) is 2.30. The van der Waals surface area contributed by atoms with Gasteiger partial charge in [0.1, 0.15) is 0 Å². The van der Waals surface area contributed by atoms with Crippen molar-refractivity contribution in [2.75, 3.05) is 26.2 Å². The monoisotopic (exact) mass is 430 g/mol. The molecule has 1 fully saturated rings. The molecule has 3 rings (SSSR count). The van der Waals surface area contributed by atoms with E-state index in [9.17, 15) is 31.1 Å². The van der Waals surface area contributed by atoms with E-state index in [4.69, 9.17) is 0 Å². The second-order valence-corrected chi connectivity index (χ2v) is 7.20. The quantitative estimate of drug-likeness (QED) is 0.635. The van der Waals surface area contributed by atoms with Crippen LogP contribution in [0.4, 0.5) is 26.3 Å². The summed E-state index contributed by atoms with van der Waals surface area (Å²) in [4.78, 5) is 16.2. The number of hydrogen-bond donors (Lipinski definition) is 0. The lowest BCUT2D eigenvalue weighted by Gasteiger charge is -2.23. The maximum Gasteiger partial charge on any atom is 0.416 e. The van der Waals surface area contributed by atoms with Crippen LogP contribution in [0.1, 0.15) is 33.5 Å². The predicted octanol–water partition coefficient (Wildman–Crippen LogP) is 5.07. The number of hydrogen-bond acceptors (Lipinski definition) is 2. The number of benzene rings is 2. The Hall–Kier alpha value is -2.55. The summed E-state index contributed by atoms with van der Waals surface area (Å²) >= 11 is 0. The van der Waals surface area contributed by atoms with Crippen LogP contribution in [0, 0.1) is 0 Å². The molecular weight excluding hydrogens is 410 g/mol. The highest BCUT2D eigenvalue weighted by atomic mass is 19.4. The second kappa shape index (κ2) is 8.67. The van der Waals surface area contributed by atoms with Crippen molar-refractivity contribution in [3.63, 3.8) is 0 Å². The number of carbonyl (C=O) groups excluding carboxylic acids is 1. The van der Waals surface area contributed by atoms with E-state index in [0.29, 0.717) is 38.2 Å². The number of carbonyl (C=O) groups is 1. The third-order valence-corrected chi connectivity index (χ3v) is 4.96. The first-order chi connectivity index (χ1) is 14.0. The summed E-state index contributed by atoms with van der Waals surface area (Å²) in [7, 11) is 0. The number of rotatable bonds is 3. The van der Waals surface area contributed by atoms with E-state index in [2.05, 4.69) is 4.90 Å². The molecule has 2 aromatic carbocycles. The average molecular weight is 430 g/mol. The minimum Gasteiger partial charge on any atom is -0.337 e. The normalized spacial score (nSPS) is 16.4. The van der Waals surface area contributed by atoms with Crippen molar-refractivity contribution in [1.29, 1.82) is 0 Å². The molecule has 0 unspecified atom stereocenters. The third-order valence-electron chi connectivity index (χ3n) is 4.96. The van der Waals surface area contributed by atoms with Gasteiger partial charge in [-0.25, -0.2) is 0 Å². The van der Waals surface area contributed by atoms with E-state index in [1.807, 2.05) is 30.3 Å². The lowest BCUT2D eigenvalue weighted by molar-refractivity contribution is -0.143. The molecule has 0 N–H and O–H groups in total. The maximum absolute atomic E-state index is 13.1. The van der Waals surface area contributed by atoms with Gasteiger partial charge in [0.05, 0.1) is 11.1 Å². The average Bonchev–Trinajstić information content (AvgIpc) is 2.92. The van der Waals surface area contributed by atoms with E-state index in [0.717, 1.165) is 5.56 Å². The van der Waals surface area contributed by atoms with Crippen LogP contribution in [-0.2, 0) is 18.9 Å². The number of alkyl halides is 6. The standard InChI is InChI=1S/C21H20F6N2O/c22-20(23,24)17-11-16(12-18(13-17)21(25,26)27)19(30)29-8-4-7-28(9-10-29)14-15-5-2-1-3-6-15/h1-3,5-6,11-13H,4,7-10,14H2. The summed E-state index contributed by atoms with van der Waals surface area (Å²) in [5, 5.41) is 0. The third kappa shape index (κ3) is 5.53. The van der Waals surface area contributed by atoms with E-state index < -0.39 is 35.0 Å². The van der Waals surface area contributed by atoms with Gasteiger partial charge >= 0.3 is 12.4 Å². The lowest BCUT2D eigenvalue weighted by Crippen LogP contribution is -2.35. The highest BCUT2D eigenvalue weighted by molar-refractivity contribution is 5.94. The molecule has 0 radical (unpaired) electrons. The van der Waals surface area contributed by atoms with Gasteiger partial charge in [-0.3, -0.25) is 9.69 Å². The molecule has 162 valence electrons. The van der Waals surface area contributed by atoms with Crippen molar-refractivity contribution in [3.8, 4) is 0 Å². The largest absolute Gasteiger partial charge is 0.416 e. The predicted molar refractivity (Wildman–Crippen MR) is 98.7 cm³/mol. The van der Waals surface area contributed by atoms with Crippen LogP contribution in [0.15, 0.2) is 48.5 Å². The SMILES string of the molecule is O=C(c1cc(C(F)(F)F)cc(C(F)(F)F)c1)N1CCCN(Cc2ccccc2)CC1. The highest BCUT2D eigenvalue weighted by Crippen LogP contribution is 2.36. The molecular formula is C21H20F6N2O. The first-order valence-electron chi connectivity index (χ1n) is 9.39. The van der Waals surface area contributed by atoms with Gasteiger partial charge in [0.15, 0.2) is 0 Å². The summed E-state index contributed by atoms with van der Waals surface area (Å²) in [6.07, 6.45) is -9.40. The van der Waals surface area contributed by atoms with E-state index >= 15 is 0 Å². The Morgan fingerprint density at radius 1 is 0.800 bits per heavy atom. The molecule has 0 atom stereocenters. The Bertz CT molecular complexity index is 847. The highest BCUT2D eigenvalue weighted by Gasteiger charge is 2.38. The molecule has 1 amide bonds. The molecule has 9 heteroatoms. The van der Waals surface area contributed by atoms with Gasteiger partial charge in [0.2, 0.25) is 0 Å². The number of halogens is 6. The Labute approximate surface area is 169 Å². The molecule has 1 aliphatic rings. The molecule has 0 saturated carbocycles. The van der Waals surface area contributed by atoms with Crippen LogP contribution in [0.5, 0.6) is 0 Å². The van der Waals surface area contributed by atoms with Gasteiger partial charge in [0.25, 0.3) is 5.91 Å². The molecule has 0 aliphatic carbocycles. The van der Waals surface area contributed by atoms with E-state index in [1.165, 1.54) is 4.90 Å². The molecule has 1 heterocycles. The minimum absolute atomic E-state index is 0.0286. The van der Waals surface area contributed by atoms with Crippen molar-refractivity contribution in [3.05, 3.63) is 70.8 Å². The molecule has 3 nitrogen and oxygen atoms in total. The zero-order chi connectivity index (χ0) is 21.9. The second-order valence-electron chi connectivity index (χ2n) is 7.20. The van der Waals surface area contributed by atoms with Crippen LogP contribution in [0.3, 0.4) is 0 Å². The molecule has 1 aliphatic heterocycles. The van der Waals surface area contributed by atoms with E-state index in [-0.39, 0.29) is 19.2 Å². The van der Waals surface area contributed by atoms with Crippen LogP contribution in [0.2, 0.25) is 0 Å². The Morgan fingerprint density at radius 2 is 1.40 bits per heavy atom. The Morgan fingerprint density at radius 3 is 1.97 bits per heavy atom. The van der Waals surface area contributed by atoms with E-state index in [1.54, 1.807) is 0 Å². The molecule has 1 saturated heterocycles. The lowest BCUT2D eigenvalue weighted by atomic mass is 10.0. The van der Waals surface area contributed by atoms with Crippen molar-refractivity contribution < 1.29 is 31.1 Å². The van der Waals surface area contributed by atoms with Gasteiger partial charge in [-0.05, 0) is 30.2 Å². The van der Waals surface area contributed by atoms with Gasteiger partial charge < -0.3 is 4.90 Å². The summed E-state index contributed by atoms with van der Waals surface area (Å²) in [6, 6.07) is 10.7. The Balaban J connectivity index is 1.77. The fraction of sp³-hybridized carbons (Fsp3) is 0.381. The number of nitrogens with zero attached hydrogens (tertiary/aromatic N) is 2. The first-order valence-corrected chi connectivity index (χ1v) is 9.39. The smallest absolute Gasteiger partial charge is 0.337 e. The van der Waals surface area contributed by atoms with Crippen molar-refractivity contribution in [2.24, 2.45) is 0 Å². The maximum atomic E-state index is 13.1. The summed E-state index contributed by atoms with van der Waals surface area (Å²) in [5.41, 5.74) is -2.49. The van der Waals surface area contributed by atoms with Crippen molar-refractivity contribution in [1.82, 2.24) is 9.80 Å². The zero-order valence-corrected chi connectivity index (χ0v) is 15.9. The molecule has 0 spiro atoms. The fourth-order valence-corrected chi connectivity index (χ4v) is 3.43. The van der Waals surface area contributed by atoms with Crippen molar-refractivity contribution in [2.45, 2.75) is 25.3 Å². The topological polar surface area (TPSA) is 23.6 Å². The molecule has 0 bridgehead atoms. The van der Waals surface area contributed by atoms with Gasteiger partial charge in [-0.15, -0.1) is 0 Å². The van der Waals surface area contributed by atoms with Crippen LogP contribution in [-0.4, -0.2) is 41.9 Å². The first kappa shape index (κ1) is 22.1. The van der Waals surface area contributed by atoms with Gasteiger partial charge in [-0.1, -0.05) is 30.3 Å². The van der Waals surface area contributed by atoms with Gasteiger partial charge in [0, 0.05) is 38.3 Å². The summed E-state index contributed by atoms with van der Waals surface area (Å²) in [5.74, 6) is -0.826. The van der Waals surface area contributed by atoms with Crippen LogP contribution < -0.4 is 0 Å². The molecule has 2 aromatic rings. The summed E-state index contributed by atoms with van der Waals surface area (Å²) < 4.78 is 78.4. The fourth-order valence-electron chi connectivity index (χ4n) is 3.43.